The molecule has 0 aliphatic carbocycles. The summed E-state index contributed by atoms with van der Waals surface area (Å²) in [5, 5.41) is 5.42. The molecule has 0 radical (unpaired) electrons. The van der Waals surface area contributed by atoms with Crippen LogP contribution in [-0.4, -0.2) is 7.05 Å². The summed E-state index contributed by atoms with van der Waals surface area (Å²) in [5.41, 5.74) is 4.16. The Labute approximate surface area is 114 Å². The third kappa shape index (κ3) is 3.44. The van der Waals surface area contributed by atoms with Crippen molar-refractivity contribution in [2.24, 2.45) is 0 Å². The molecule has 1 aromatic heterocycles. The number of unbranched alkanes of at least 4 members (excludes halogenated alkanes) is 1. The van der Waals surface area contributed by atoms with Crippen LogP contribution >= 0.6 is 11.3 Å². The van der Waals surface area contributed by atoms with Gasteiger partial charge in [0.2, 0.25) is 0 Å². The van der Waals surface area contributed by atoms with Crippen molar-refractivity contribution in [1.82, 2.24) is 5.32 Å². The molecule has 0 saturated heterocycles. The minimum atomic E-state index is 0.949. The molecule has 1 aromatic carbocycles. The fourth-order valence-electron chi connectivity index (χ4n) is 2.04. The van der Waals surface area contributed by atoms with Crippen LogP contribution in [0.15, 0.2) is 35.7 Å². The van der Waals surface area contributed by atoms with E-state index < -0.39 is 0 Å². The van der Waals surface area contributed by atoms with E-state index in [2.05, 4.69) is 48.0 Å². The van der Waals surface area contributed by atoms with E-state index in [9.17, 15) is 0 Å². The van der Waals surface area contributed by atoms with E-state index in [0.717, 1.165) is 6.54 Å². The molecule has 0 aliphatic rings. The highest BCUT2D eigenvalue weighted by Gasteiger charge is 2.02. The molecule has 1 N–H and O–H groups in total. The summed E-state index contributed by atoms with van der Waals surface area (Å²) in [4.78, 5) is 1.36. The zero-order valence-corrected chi connectivity index (χ0v) is 12.0. The maximum atomic E-state index is 3.19. The van der Waals surface area contributed by atoms with Gasteiger partial charge in [-0.2, -0.15) is 0 Å². The first kappa shape index (κ1) is 13.3. The summed E-state index contributed by atoms with van der Waals surface area (Å²) in [6, 6.07) is 11.3. The molecule has 0 aliphatic heterocycles. The summed E-state index contributed by atoms with van der Waals surface area (Å²) in [5.74, 6) is 0. The van der Waals surface area contributed by atoms with Gasteiger partial charge < -0.3 is 5.32 Å². The fourth-order valence-corrected chi connectivity index (χ4v) is 2.96. The van der Waals surface area contributed by atoms with Crippen LogP contribution in [0, 0.1) is 0 Å². The number of benzene rings is 1. The second-order valence-corrected chi connectivity index (χ2v) is 5.56. The van der Waals surface area contributed by atoms with Crippen molar-refractivity contribution >= 4 is 11.3 Å². The van der Waals surface area contributed by atoms with E-state index in [4.69, 9.17) is 0 Å². The van der Waals surface area contributed by atoms with E-state index in [-0.39, 0.29) is 0 Å². The Morgan fingerprint density at radius 1 is 1.11 bits per heavy atom. The van der Waals surface area contributed by atoms with Gasteiger partial charge in [-0.05, 0) is 48.0 Å². The second kappa shape index (κ2) is 6.72. The highest BCUT2D eigenvalue weighted by Crippen LogP contribution is 2.27. The lowest BCUT2D eigenvalue weighted by atomic mass is 10.1. The number of thiophene rings is 1. The molecule has 0 spiro atoms. The largest absolute Gasteiger partial charge is 0.316 e. The van der Waals surface area contributed by atoms with Crippen molar-refractivity contribution in [2.75, 3.05) is 7.05 Å². The molecular weight excluding hydrogens is 238 g/mol. The van der Waals surface area contributed by atoms with Gasteiger partial charge in [0.15, 0.2) is 0 Å². The van der Waals surface area contributed by atoms with Crippen LogP contribution < -0.4 is 5.32 Å². The molecule has 0 amide bonds. The number of hydrogen-bond acceptors (Lipinski definition) is 2. The highest BCUT2D eigenvalue weighted by molar-refractivity contribution is 7.13. The minimum Gasteiger partial charge on any atom is -0.316 e. The van der Waals surface area contributed by atoms with Gasteiger partial charge >= 0.3 is 0 Å². The zero-order valence-electron chi connectivity index (χ0n) is 11.2. The maximum absolute atomic E-state index is 3.19. The van der Waals surface area contributed by atoms with E-state index in [0.29, 0.717) is 0 Å². The SMILES string of the molecule is CCCCc1ccc(-c2cc(CNC)cs2)cc1. The van der Waals surface area contributed by atoms with Gasteiger partial charge in [0.05, 0.1) is 0 Å². The first-order valence-corrected chi connectivity index (χ1v) is 7.52. The average Bonchev–Trinajstić information content (AvgIpc) is 2.86. The first-order valence-electron chi connectivity index (χ1n) is 6.64. The third-order valence-corrected chi connectivity index (χ3v) is 4.12. The van der Waals surface area contributed by atoms with Crippen molar-refractivity contribution in [3.8, 4) is 10.4 Å². The molecule has 2 rings (SSSR count). The Hall–Kier alpha value is -1.12. The van der Waals surface area contributed by atoms with E-state index in [1.165, 1.54) is 40.8 Å². The summed E-state index contributed by atoms with van der Waals surface area (Å²) in [6.45, 7) is 3.19. The second-order valence-electron chi connectivity index (χ2n) is 4.65. The molecule has 1 heterocycles. The standard InChI is InChI=1S/C16H21NS/c1-3-4-5-13-6-8-15(9-7-13)16-10-14(11-17-2)12-18-16/h6-10,12,17H,3-5,11H2,1-2H3. The summed E-state index contributed by atoms with van der Waals surface area (Å²) in [6.07, 6.45) is 3.75. The van der Waals surface area contributed by atoms with Crippen LogP contribution in [0.4, 0.5) is 0 Å². The van der Waals surface area contributed by atoms with E-state index >= 15 is 0 Å². The smallest absolute Gasteiger partial charge is 0.0346 e. The molecule has 0 unspecified atom stereocenters. The summed E-state index contributed by atoms with van der Waals surface area (Å²) >= 11 is 1.83. The topological polar surface area (TPSA) is 12.0 Å². The van der Waals surface area contributed by atoms with Crippen LogP contribution in [0.5, 0.6) is 0 Å². The Morgan fingerprint density at radius 2 is 1.89 bits per heavy atom. The van der Waals surface area contributed by atoms with Crippen LogP contribution in [0.1, 0.15) is 30.9 Å². The minimum absolute atomic E-state index is 0.949. The Bertz CT molecular complexity index is 470. The lowest BCUT2D eigenvalue weighted by Crippen LogP contribution is -2.03. The van der Waals surface area contributed by atoms with Crippen molar-refractivity contribution in [1.29, 1.82) is 0 Å². The Morgan fingerprint density at radius 3 is 2.56 bits per heavy atom. The third-order valence-electron chi connectivity index (χ3n) is 3.09. The first-order chi connectivity index (χ1) is 8.83. The number of rotatable bonds is 6. The fraction of sp³-hybridized carbons (Fsp3) is 0.375. The van der Waals surface area contributed by atoms with Gasteiger partial charge in [0.1, 0.15) is 0 Å². The predicted molar refractivity (Wildman–Crippen MR) is 81.1 cm³/mol. The molecule has 96 valence electrons. The van der Waals surface area contributed by atoms with Gasteiger partial charge in [-0.3, -0.25) is 0 Å². The van der Waals surface area contributed by atoms with Gasteiger partial charge in [0.25, 0.3) is 0 Å². The average molecular weight is 259 g/mol. The Kier molecular flexibility index (Phi) is 4.97. The lowest BCUT2D eigenvalue weighted by Gasteiger charge is -2.02. The molecule has 0 saturated carbocycles. The Balaban J connectivity index is 2.07. The molecule has 0 atom stereocenters. The predicted octanol–water partition coefficient (Wildman–Crippen LogP) is 4.48. The quantitative estimate of drug-likeness (QED) is 0.806. The molecule has 2 heteroatoms. The molecule has 18 heavy (non-hydrogen) atoms. The monoisotopic (exact) mass is 259 g/mol. The van der Waals surface area contributed by atoms with Crippen LogP contribution in [0.25, 0.3) is 10.4 Å². The highest BCUT2D eigenvalue weighted by atomic mass is 32.1. The van der Waals surface area contributed by atoms with Crippen molar-refractivity contribution in [3.63, 3.8) is 0 Å². The summed E-state index contributed by atoms with van der Waals surface area (Å²) < 4.78 is 0. The number of nitrogens with one attached hydrogen (secondary N) is 1. The number of hydrogen-bond donors (Lipinski definition) is 1. The molecule has 2 aromatic rings. The van der Waals surface area contributed by atoms with Crippen molar-refractivity contribution < 1.29 is 0 Å². The van der Waals surface area contributed by atoms with Crippen LogP contribution in [-0.2, 0) is 13.0 Å². The normalized spacial score (nSPS) is 10.8. The molecule has 0 bridgehead atoms. The van der Waals surface area contributed by atoms with Gasteiger partial charge in [-0.25, -0.2) is 0 Å². The van der Waals surface area contributed by atoms with Crippen molar-refractivity contribution in [3.05, 3.63) is 46.8 Å². The van der Waals surface area contributed by atoms with Crippen molar-refractivity contribution in [2.45, 2.75) is 32.7 Å². The lowest BCUT2D eigenvalue weighted by molar-refractivity contribution is 0.795. The van der Waals surface area contributed by atoms with Gasteiger partial charge in [-0.1, -0.05) is 37.6 Å². The van der Waals surface area contributed by atoms with Crippen LogP contribution in [0.3, 0.4) is 0 Å². The molecular formula is C16H21NS. The summed E-state index contributed by atoms with van der Waals surface area (Å²) in [7, 11) is 1.99. The zero-order chi connectivity index (χ0) is 12.8. The van der Waals surface area contributed by atoms with Gasteiger partial charge in [-0.15, -0.1) is 11.3 Å². The van der Waals surface area contributed by atoms with Crippen LogP contribution in [0.2, 0.25) is 0 Å². The number of aryl methyl sites for hydroxylation is 1. The van der Waals surface area contributed by atoms with Gasteiger partial charge in [0, 0.05) is 11.4 Å². The van der Waals surface area contributed by atoms with E-state index in [1.54, 1.807) is 0 Å². The van der Waals surface area contributed by atoms with E-state index in [1.807, 2.05) is 18.4 Å². The molecule has 0 fully saturated rings. The molecule has 1 nitrogen and oxygen atoms in total. The maximum Gasteiger partial charge on any atom is 0.0346 e.